The van der Waals surface area contributed by atoms with Gasteiger partial charge in [-0.05, 0) is 43.2 Å². The molecule has 2 heterocycles. The first kappa shape index (κ1) is 24.7. The molecule has 9 heteroatoms. The van der Waals surface area contributed by atoms with Crippen LogP contribution in [0.25, 0.3) is 11.1 Å². The number of amides is 3. The van der Waals surface area contributed by atoms with Gasteiger partial charge in [0.25, 0.3) is 5.91 Å². The van der Waals surface area contributed by atoms with Crippen LogP contribution in [0.2, 0.25) is 0 Å². The first-order valence-corrected chi connectivity index (χ1v) is 11.4. The SMILES string of the molecule is CCC(C)(NC(=O)Nc1ccc2c(c1F)CN(C)C2=O)c1ccc(-c2cncc(C#N)c2)cc1OC. The number of aromatic nitrogens is 1. The Morgan fingerprint density at radius 1 is 1.25 bits per heavy atom. The minimum Gasteiger partial charge on any atom is -0.496 e. The van der Waals surface area contributed by atoms with Gasteiger partial charge < -0.3 is 20.3 Å². The number of nitriles is 1. The van der Waals surface area contributed by atoms with Gasteiger partial charge in [0, 0.05) is 48.2 Å². The normalized spacial score (nSPS) is 14.0. The average Bonchev–Trinajstić information content (AvgIpc) is 3.19. The summed E-state index contributed by atoms with van der Waals surface area (Å²) in [6, 6.07) is 11.7. The highest BCUT2D eigenvalue weighted by Gasteiger charge is 2.32. The van der Waals surface area contributed by atoms with Crippen LogP contribution >= 0.6 is 0 Å². The van der Waals surface area contributed by atoms with E-state index in [1.165, 1.54) is 23.2 Å². The number of halogens is 1. The number of hydrogen-bond acceptors (Lipinski definition) is 5. The van der Waals surface area contributed by atoms with Gasteiger partial charge in [-0.2, -0.15) is 5.26 Å². The van der Waals surface area contributed by atoms with Crippen LogP contribution in [-0.4, -0.2) is 36.0 Å². The fraction of sp³-hybridized carbons (Fsp3) is 0.259. The molecular formula is C27H26FN5O3. The molecule has 36 heavy (non-hydrogen) atoms. The zero-order valence-corrected chi connectivity index (χ0v) is 20.5. The lowest BCUT2D eigenvalue weighted by Gasteiger charge is -2.32. The van der Waals surface area contributed by atoms with E-state index in [0.717, 1.165) is 16.7 Å². The summed E-state index contributed by atoms with van der Waals surface area (Å²) in [7, 11) is 3.14. The first-order chi connectivity index (χ1) is 17.2. The molecule has 0 bridgehead atoms. The van der Waals surface area contributed by atoms with Crippen LogP contribution in [0.4, 0.5) is 14.9 Å². The molecule has 1 atom stereocenters. The number of hydrogen-bond donors (Lipinski definition) is 2. The molecule has 3 aromatic rings. The smallest absolute Gasteiger partial charge is 0.320 e. The molecule has 4 rings (SSSR count). The lowest BCUT2D eigenvalue weighted by atomic mass is 9.87. The minimum absolute atomic E-state index is 0.00000871. The first-order valence-electron chi connectivity index (χ1n) is 11.4. The van der Waals surface area contributed by atoms with Crippen molar-refractivity contribution in [2.45, 2.75) is 32.4 Å². The molecule has 0 fully saturated rings. The van der Waals surface area contributed by atoms with E-state index in [4.69, 9.17) is 10.00 Å². The molecule has 0 radical (unpaired) electrons. The molecule has 2 aromatic carbocycles. The van der Waals surface area contributed by atoms with Gasteiger partial charge in [-0.15, -0.1) is 0 Å². The number of rotatable bonds is 6. The quantitative estimate of drug-likeness (QED) is 0.519. The number of benzene rings is 2. The summed E-state index contributed by atoms with van der Waals surface area (Å²) in [6.07, 6.45) is 3.68. The molecule has 0 saturated heterocycles. The van der Waals surface area contributed by atoms with Gasteiger partial charge in [0.2, 0.25) is 0 Å². The van der Waals surface area contributed by atoms with Crippen molar-refractivity contribution in [2.24, 2.45) is 0 Å². The molecule has 1 unspecified atom stereocenters. The molecule has 184 valence electrons. The second-order valence-electron chi connectivity index (χ2n) is 8.87. The van der Waals surface area contributed by atoms with Crippen LogP contribution in [0, 0.1) is 17.1 Å². The number of anilines is 1. The van der Waals surface area contributed by atoms with E-state index in [2.05, 4.69) is 21.7 Å². The second-order valence-corrected chi connectivity index (χ2v) is 8.87. The second kappa shape index (κ2) is 9.66. The monoisotopic (exact) mass is 487 g/mol. The van der Waals surface area contributed by atoms with Crippen molar-refractivity contribution < 1.29 is 18.7 Å². The van der Waals surface area contributed by atoms with Gasteiger partial charge in [-0.25, -0.2) is 9.18 Å². The van der Waals surface area contributed by atoms with Gasteiger partial charge in [0.1, 0.15) is 11.8 Å². The van der Waals surface area contributed by atoms with Gasteiger partial charge in [0.15, 0.2) is 5.82 Å². The largest absolute Gasteiger partial charge is 0.496 e. The predicted octanol–water partition coefficient (Wildman–Crippen LogP) is 4.80. The van der Waals surface area contributed by atoms with Crippen molar-refractivity contribution in [3.05, 3.63) is 76.9 Å². The van der Waals surface area contributed by atoms with Crippen LogP contribution < -0.4 is 15.4 Å². The van der Waals surface area contributed by atoms with E-state index >= 15 is 4.39 Å². The third-order valence-corrected chi connectivity index (χ3v) is 6.56. The number of nitrogens with zero attached hydrogens (tertiary/aromatic N) is 3. The number of ether oxygens (including phenoxy) is 1. The van der Waals surface area contributed by atoms with E-state index in [-0.39, 0.29) is 23.7 Å². The third kappa shape index (κ3) is 4.45. The number of carbonyl (C=O) groups is 2. The Labute approximate surface area is 208 Å². The molecule has 0 spiro atoms. The summed E-state index contributed by atoms with van der Waals surface area (Å²) < 4.78 is 20.7. The summed E-state index contributed by atoms with van der Waals surface area (Å²) in [4.78, 5) is 30.6. The number of urea groups is 1. The highest BCUT2D eigenvalue weighted by atomic mass is 19.1. The highest BCUT2D eigenvalue weighted by Crippen LogP contribution is 2.36. The summed E-state index contributed by atoms with van der Waals surface area (Å²) >= 11 is 0. The van der Waals surface area contributed by atoms with E-state index in [1.807, 2.05) is 32.0 Å². The molecule has 1 aliphatic heterocycles. The lowest BCUT2D eigenvalue weighted by Crippen LogP contribution is -2.45. The van der Waals surface area contributed by atoms with E-state index < -0.39 is 17.4 Å². The van der Waals surface area contributed by atoms with Crippen LogP contribution in [0.15, 0.2) is 48.8 Å². The summed E-state index contributed by atoms with van der Waals surface area (Å²) in [6.45, 7) is 3.93. The molecule has 2 N–H and O–H groups in total. The zero-order chi connectivity index (χ0) is 26.0. The molecule has 1 aromatic heterocycles. The van der Waals surface area contributed by atoms with Crippen molar-refractivity contribution in [2.75, 3.05) is 19.5 Å². The maximum atomic E-state index is 15.0. The molecular weight excluding hydrogens is 461 g/mol. The average molecular weight is 488 g/mol. The number of carbonyl (C=O) groups excluding carboxylic acids is 2. The van der Waals surface area contributed by atoms with Gasteiger partial charge in [-0.1, -0.05) is 19.1 Å². The highest BCUT2D eigenvalue weighted by molar-refractivity contribution is 5.99. The van der Waals surface area contributed by atoms with Gasteiger partial charge in [-0.3, -0.25) is 9.78 Å². The Morgan fingerprint density at radius 3 is 2.72 bits per heavy atom. The maximum absolute atomic E-state index is 15.0. The van der Waals surface area contributed by atoms with E-state index in [0.29, 0.717) is 23.3 Å². The fourth-order valence-corrected chi connectivity index (χ4v) is 4.32. The van der Waals surface area contributed by atoms with Crippen molar-refractivity contribution >= 4 is 17.6 Å². The summed E-state index contributed by atoms with van der Waals surface area (Å²) in [5.41, 5.74) is 2.48. The fourth-order valence-electron chi connectivity index (χ4n) is 4.32. The summed E-state index contributed by atoms with van der Waals surface area (Å²) in [5.74, 6) is -0.317. The van der Waals surface area contributed by atoms with Crippen LogP contribution in [-0.2, 0) is 12.1 Å². The predicted molar refractivity (Wildman–Crippen MR) is 133 cm³/mol. The number of methoxy groups -OCH3 is 1. The molecule has 8 nitrogen and oxygen atoms in total. The van der Waals surface area contributed by atoms with Crippen LogP contribution in [0.1, 0.15) is 47.3 Å². The topological polar surface area (TPSA) is 107 Å². The van der Waals surface area contributed by atoms with Crippen LogP contribution in [0.5, 0.6) is 5.75 Å². The third-order valence-electron chi connectivity index (χ3n) is 6.56. The molecule has 0 saturated carbocycles. The Hall–Kier alpha value is -4.45. The van der Waals surface area contributed by atoms with Gasteiger partial charge in [0.05, 0.1) is 23.9 Å². The lowest BCUT2D eigenvalue weighted by molar-refractivity contribution is 0.0816. The number of pyridine rings is 1. The molecule has 0 aliphatic carbocycles. The standard InChI is InChI=1S/C27H26FN5O3/c1-5-27(2,21-8-6-17(11-23(21)36-4)18-10-16(12-29)13-30-14-18)32-26(35)31-22-9-7-19-20(24(22)28)15-33(3)25(19)34/h6-11,13-14H,5,15H2,1-4H3,(H2,31,32,35). The number of nitrogens with one attached hydrogen (secondary N) is 2. The van der Waals surface area contributed by atoms with Crippen molar-refractivity contribution in [3.8, 4) is 22.9 Å². The molecule has 3 amide bonds. The Bertz CT molecular complexity index is 1400. The number of fused-ring (bicyclic) bond motifs is 1. The minimum atomic E-state index is -0.843. The Kier molecular flexibility index (Phi) is 6.62. The van der Waals surface area contributed by atoms with Crippen molar-refractivity contribution in [1.82, 2.24) is 15.2 Å². The van der Waals surface area contributed by atoms with E-state index in [1.54, 1.807) is 26.4 Å². The van der Waals surface area contributed by atoms with Crippen molar-refractivity contribution in [1.29, 1.82) is 5.26 Å². The maximum Gasteiger partial charge on any atom is 0.320 e. The van der Waals surface area contributed by atoms with Gasteiger partial charge >= 0.3 is 6.03 Å². The summed E-state index contributed by atoms with van der Waals surface area (Å²) in [5, 5.41) is 14.7. The van der Waals surface area contributed by atoms with E-state index in [9.17, 15) is 9.59 Å². The Balaban J connectivity index is 1.59. The van der Waals surface area contributed by atoms with Crippen LogP contribution in [0.3, 0.4) is 0 Å². The van der Waals surface area contributed by atoms with Crippen molar-refractivity contribution in [3.63, 3.8) is 0 Å². The zero-order valence-electron chi connectivity index (χ0n) is 20.5. The Morgan fingerprint density at radius 2 is 2.03 bits per heavy atom. The molecule has 1 aliphatic rings.